The summed E-state index contributed by atoms with van der Waals surface area (Å²) in [6, 6.07) is 8.90. The minimum atomic E-state index is -4.37. The van der Waals surface area contributed by atoms with E-state index in [1.807, 2.05) is 12.1 Å². The Hall–Kier alpha value is -1.21. The molecule has 2 aromatic carbocycles. The highest BCUT2D eigenvalue weighted by Crippen LogP contribution is 2.44. The number of nitrogens with one attached hydrogen (secondary N) is 1. The zero-order valence-corrected chi connectivity index (χ0v) is 15.3. The normalized spacial score (nSPS) is 16.6. The molecule has 0 bridgehead atoms. The first kappa shape index (κ1) is 21.8. The average Bonchev–Trinajstić information content (AvgIpc) is 2.55. The Kier molecular flexibility index (Phi) is 7.81. The van der Waals surface area contributed by atoms with Gasteiger partial charge in [-0.25, -0.2) is 0 Å². The maximum absolute atomic E-state index is 13.9. The number of methoxy groups -OCH3 is 1. The summed E-state index contributed by atoms with van der Waals surface area (Å²) in [5, 5.41) is 4.47. The third kappa shape index (κ3) is 4.50. The molecule has 8 heteroatoms. The molecule has 1 aliphatic rings. The predicted octanol–water partition coefficient (Wildman–Crippen LogP) is 4.20. The monoisotopic (exact) mass is 396 g/mol. The van der Waals surface area contributed by atoms with Gasteiger partial charge in [0.15, 0.2) is 0 Å². The lowest BCUT2D eigenvalue weighted by molar-refractivity contribution is -0.187. The van der Waals surface area contributed by atoms with Crippen LogP contribution >= 0.6 is 24.8 Å². The van der Waals surface area contributed by atoms with Crippen LogP contribution < -0.4 is 10.1 Å². The summed E-state index contributed by atoms with van der Waals surface area (Å²) >= 11 is 0. The fourth-order valence-corrected chi connectivity index (χ4v) is 3.23. The second-order valence-electron chi connectivity index (χ2n) is 5.63. The minimum Gasteiger partial charge on any atom is -0.496 e. The first-order chi connectivity index (χ1) is 11.0. The van der Waals surface area contributed by atoms with Gasteiger partial charge in [0.2, 0.25) is 0 Å². The summed E-state index contributed by atoms with van der Waals surface area (Å²) in [4.78, 5) is 1.49. The van der Waals surface area contributed by atoms with Crippen LogP contribution in [0.4, 0.5) is 13.2 Å². The molecule has 0 saturated carbocycles. The van der Waals surface area contributed by atoms with E-state index in [0.717, 1.165) is 5.39 Å². The first-order valence-electron chi connectivity index (χ1n) is 7.59. The van der Waals surface area contributed by atoms with Gasteiger partial charge in [-0.3, -0.25) is 4.90 Å². The van der Waals surface area contributed by atoms with Crippen LogP contribution in [-0.2, 0) is 0 Å². The summed E-state index contributed by atoms with van der Waals surface area (Å²) < 4.78 is 47.0. The van der Waals surface area contributed by atoms with Crippen LogP contribution in [0.1, 0.15) is 11.6 Å². The minimum absolute atomic E-state index is 0. The summed E-state index contributed by atoms with van der Waals surface area (Å²) in [6.07, 6.45) is -4.37. The van der Waals surface area contributed by atoms with Crippen molar-refractivity contribution >= 4 is 35.6 Å². The van der Waals surface area contributed by atoms with Gasteiger partial charge in [0.05, 0.1) is 7.11 Å². The molecule has 0 aromatic heterocycles. The van der Waals surface area contributed by atoms with E-state index in [2.05, 4.69) is 5.32 Å². The van der Waals surface area contributed by atoms with E-state index >= 15 is 0 Å². The Labute approximate surface area is 157 Å². The molecule has 25 heavy (non-hydrogen) atoms. The SMILES string of the molecule is COc1ccc2ccccc2c1[C@@H](N1CCNCC1)C(F)(F)F.Cl.Cl. The number of ether oxygens (including phenoxy) is 1. The molecular weight excluding hydrogens is 376 g/mol. The fraction of sp³-hybridized carbons (Fsp3) is 0.412. The number of fused-ring (bicyclic) bond motifs is 1. The highest BCUT2D eigenvalue weighted by atomic mass is 35.5. The highest BCUT2D eigenvalue weighted by molar-refractivity contribution is 5.88. The molecule has 0 unspecified atom stereocenters. The van der Waals surface area contributed by atoms with Crippen molar-refractivity contribution in [2.24, 2.45) is 0 Å². The number of rotatable bonds is 3. The van der Waals surface area contributed by atoms with E-state index in [9.17, 15) is 13.2 Å². The third-order valence-electron chi connectivity index (χ3n) is 4.25. The number of benzene rings is 2. The van der Waals surface area contributed by atoms with Crippen molar-refractivity contribution in [3.8, 4) is 5.75 Å². The molecule has 1 aliphatic heterocycles. The summed E-state index contributed by atoms with van der Waals surface area (Å²) in [7, 11) is 1.42. The Morgan fingerprint density at radius 3 is 2.28 bits per heavy atom. The Morgan fingerprint density at radius 1 is 1.04 bits per heavy atom. The van der Waals surface area contributed by atoms with Crippen molar-refractivity contribution in [2.45, 2.75) is 12.2 Å². The molecule has 1 saturated heterocycles. The number of halogens is 5. The zero-order valence-electron chi connectivity index (χ0n) is 13.7. The molecule has 1 fully saturated rings. The van der Waals surface area contributed by atoms with E-state index in [4.69, 9.17) is 4.74 Å². The summed E-state index contributed by atoms with van der Waals surface area (Å²) in [5.74, 6) is 0.282. The molecule has 140 valence electrons. The van der Waals surface area contributed by atoms with Gasteiger partial charge in [0.1, 0.15) is 11.8 Å². The molecule has 0 aliphatic carbocycles. The van der Waals surface area contributed by atoms with Crippen molar-refractivity contribution in [2.75, 3.05) is 33.3 Å². The maximum Gasteiger partial charge on any atom is 0.408 e. The third-order valence-corrected chi connectivity index (χ3v) is 4.25. The molecule has 3 rings (SSSR count). The van der Waals surface area contributed by atoms with Crippen LogP contribution in [0.2, 0.25) is 0 Å². The largest absolute Gasteiger partial charge is 0.496 e. The lowest BCUT2D eigenvalue weighted by Gasteiger charge is -2.37. The van der Waals surface area contributed by atoms with E-state index in [0.29, 0.717) is 31.6 Å². The van der Waals surface area contributed by atoms with Gasteiger partial charge in [-0.15, -0.1) is 24.8 Å². The highest BCUT2D eigenvalue weighted by Gasteiger charge is 2.46. The molecule has 3 nitrogen and oxygen atoms in total. The quantitative estimate of drug-likeness (QED) is 0.841. The fourth-order valence-electron chi connectivity index (χ4n) is 3.23. The van der Waals surface area contributed by atoms with Crippen molar-refractivity contribution in [3.63, 3.8) is 0 Å². The average molecular weight is 397 g/mol. The molecule has 0 radical (unpaired) electrons. The van der Waals surface area contributed by atoms with Crippen LogP contribution in [0.5, 0.6) is 5.75 Å². The van der Waals surface area contributed by atoms with Gasteiger partial charge in [-0.1, -0.05) is 30.3 Å². The number of hydrogen-bond donors (Lipinski definition) is 1. The molecule has 2 aromatic rings. The van der Waals surface area contributed by atoms with E-state index in [1.165, 1.54) is 12.0 Å². The molecule has 1 atom stereocenters. The van der Waals surface area contributed by atoms with Crippen LogP contribution in [0.25, 0.3) is 10.8 Å². The van der Waals surface area contributed by atoms with Crippen LogP contribution in [0.3, 0.4) is 0 Å². The number of nitrogens with zero attached hydrogens (tertiary/aromatic N) is 1. The van der Waals surface area contributed by atoms with Gasteiger partial charge in [-0.05, 0) is 16.8 Å². The molecule has 1 N–H and O–H groups in total. The summed E-state index contributed by atoms with van der Waals surface area (Å²) in [5.41, 5.74) is 0.208. The summed E-state index contributed by atoms with van der Waals surface area (Å²) in [6.45, 7) is 1.83. The van der Waals surface area contributed by atoms with Gasteiger partial charge >= 0.3 is 6.18 Å². The Balaban J connectivity index is 0.00000156. The molecule has 1 heterocycles. The van der Waals surface area contributed by atoms with Gasteiger partial charge in [-0.2, -0.15) is 13.2 Å². The lowest BCUT2D eigenvalue weighted by Crippen LogP contribution is -2.49. The smallest absolute Gasteiger partial charge is 0.408 e. The predicted molar refractivity (Wildman–Crippen MR) is 98.2 cm³/mol. The van der Waals surface area contributed by atoms with E-state index in [1.54, 1.807) is 24.3 Å². The topological polar surface area (TPSA) is 24.5 Å². The van der Waals surface area contributed by atoms with Crippen molar-refractivity contribution < 1.29 is 17.9 Å². The lowest BCUT2D eigenvalue weighted by atomic mass is 9.95. The molecular formula is C17H21Cl2F3N2O. The number of alkyl halides is 3. The van der Waals surface area contributed by atoms with E-state index < -0.39 is 12.2 Å². The maximum atomic E-state index is 13.9. The van der Waals surface area contributed by atoms with Crippen molar-refractivity contribution in [3.05, 3.63) is 42.0 Å². The molecule has 0 spiro atoms. The number of hydrogen-bond acceptors (Lipinski definition) is 3. The molecule has 0 amide bonds. The second-order valence-corrected chi connectivity index (χ2v) is 5.63. The van der Waals surface area contributed by atoms with E-state index in [-0.39, 0.29) is 36.1 Å². The van der Waals surface area contributed by atoms with Gasteiger partial charge < -0.3 is 10.1 Å². The van der Waals surface area contributed by atoms with Crippen LogP contribution in [0, 0.1) is 0 Å². The van der Waals surface area contributed by atoms with Crippen LogP contribution in [-0.4, -0.2) is 44.4 Å². The number of piperazine rings is 1. The van der Waals surface area contributed by atoms with Gasteiger partial charge in [0, 0.05) is 31.7 Å². The standard InChI is InChI=1S/C17H19F3N2O.2ClH/c1-23-14-7-6-12-4-2-3-5-13(12)15(14)16(17(18,19)20)22-10-8-21-9-11-22;;/h2-7,16,21H,8-11H2,1H3;2*1H/t16-;;/m1../s1. The second kappa shape index (κ2) is 8.94. The van der Waals surface area contributed by atoms with Crippen LogP contribution in [0.15, 0.2) is 36.4 Å². The Bertz CT molecular complexity index is 691. The first-order valence-corrected chi connectivity index (χ1v) is 7.59. The van der Waals surface area contributed by atoms with Gasteiger partial charge in [0.25, 0.3) is 0 Å². The Morgan fingerprint density at radius 2 is 1.68 bits per heavy atom. The van der Waals surface area contributed by atoms with Crippen molar-refractivity contribution in [1.29, 1.82) is 0 Å². The zero-order chi connectivity index (χ0) is 16.4. The van der Waals surface area contributed by atoms with Crippen molar-refractivity contribution in [1.82, 2.24) is 10.2 Å².